The third kappa shape index (κ3) is 1.70. The number of aliphatic carboxylic acids is 1. The van der Waals surface area contributed by atoms with E-state index in [1.54, 1.807) is 13.8 Å². The number of carbonyl (C=O) groups is 1. The minimum absolute atomic E-state index is 0.257. The molecule has 0 aromatic heterocycles. The molecule has 0 bridgehead atoms. The zero-order valence-corrected chi connectivity index (χ0v) is 11.4. The number of hydrogen-bond acceptors (Lipinski definition) is 2. The quantitative estimate of drug-likeness (QED) is 0.882. The van der Waals surface area contributed by atoms with Crippen LogP contribution >= 0.6 is 15.9 Å². The van der Waals surface area contributed by atoms with Crippen LogP contribution in [0.4, 0.5) is 0 Å². The first-order chi connectivity index (χ1) is 7.80. The Hall–Kier alpha value is -0.870. The Kier molecular flexibility index (Phi) is 2.83. The molecule has 0 amide bonds. The first kappa shape index (κ1) is 12.6. The molecule has 1 saturated carbocycles. The van der Waals surface area contributed by atoms with Gasteiger partial charge in [0.1, 0.15) is 5.41 Å². The third-order valence-corrected chi connectivity index (χ3v) is 4.52. The first-order valence-electron chi connectivity index (χ1n) is 5.52. The molecule has 2 rings (SSSR count). The Morgan fingerprint density at radius 1 is 1.53 bits per heavy atom. The number of rotatable bonds is 2. The van der Waals surface area contributed by atoms with Gasteiger partial charge in [0, 0.05) is 10.4 Å². The molecule has 1 aliphatic carbocycles. The second-order valence-electron chi connectivity index (χ2n) is 5.04. The molecular formula is C13H15BrO3. The standard InChI is InChI=1S/C13H15BrO3/c1-8-12(2,17)7-13(8,11(15)16)9-4-3-5-10(14)6-9/h3-6,8,17H,7H2,1-2H3,(H,15,16). The Morgan fingerprint density at radius 3 is 2.59 bits per heavy atom. The normalized spacial score (nSPS) is 36.4. The summed E-state index contributed by atoms with van der Waals surface area (Å²) in [4.78, 5) is 11.6. The summed E-state index contributed by atoms with van der Waals surface area (Å²) in [7, 11) is 0. The molecule has 0 aliphatic heterocycles. The van der Waals surface area contributed by atoms with Gasteiger partial charge in [0.05, 0.1) is 5.60 Å². The largest absolute Gasteiger partial charge is 0.481 e. The van der Waals surface area contributed by atoms with E-state index in [1.807, 2.05) is 24.3 Å². The number of carboxylic acids is 1. The molecule has 92 valence electrons. The summed E-state index contributed by atoms with van der Waals surface area (Å²) in [5.41, 5.74) is -1.12. The van der Waals surface area contributed by atoms with Gasteiger partial charge in [-0.15, -0.1) is 0 Å². The topological polar surface area (TPSA) is 57.5 Å². The number of halogens is 1. The van der Waals surface area contributed by atoms with Gasteiger partial charge in [0.15, 0.2) is 0 Å². The zero-order chi connectivity index (χ0) is 12.8. The fourth-order valence-electron chi connectivity index (χ4n) is 2.77. The van der Waals surface area contributed by atoms with E-state index < -0.39 is 17.0 Å². The Bertz CT molecular complexity index is 469. The maximum Gasteiger partial charge on any atom is 0.314 e. The van der Waals surface area contributed by atoms with E-state index in [2.05, 4.69) is 15.9 Å². The minimum atomic E-state index is -0.965. The van der Waals surface area contributed by atoms with Crippen molar-refractivity contribution < 1.29 is 15.0 Å². The van der Waals surface area contributed by atoms with Crippen LogP contribution in [0.3, 0.4) is 0 Å². The highest BCUT2D eigenvalue weighted by atomic mass is 79.9. The van der Waals surface area contributed by atoms with Crippen LogP contribution in [0.5, 0.6) is 0 Å². The molecule has 1 aromatic rings. The molecule has 1 aliphatic rings. The highest BCUT2D eigenvalue weighted by molar-refractivity contribution is 9.10. The van der Waals surface area contributed by atoms with Crippen LogP contribution in [0.1, 0.15) is 25.8 Å². The maximum atomic E-state index is 11.6. The molecule has 1 aromatic carbocycles. The van der Waals surface area contributed by atoms with Gasteiger partial charge < -0.3 is 10.2 Å². The van der Waals surface area contributed by atoms with Crippen LogP contribution in [-0.4, -0.2) is 21.8 Å². The van der Waals surface area contributed by atoms with Crippen molar-refractivity contribution in [3.05, 3.63) is 34.3 Å². The van der Waals surface area contributed by atoms with E-state index in [1.165, 1.54) is 0 Å². The van der Waals surface area contributed by atoms with Gasteiger partial charge in [-0.25, -0.2) is 0 Å². The van der Waals surface area contributed by atoms with Crippen LogP contribution in [0.15, 0.2) is 28.7 Å². The van der Waals surface area contributed by atoms with Crippen LogP contribution in [0, 0.1) is 5.92 Å². The molecule has 17 heavy (non-hydrogen) atoms. The molecular weight excluding hydrogens is 284 g/mol. The average Bonchev–Trinajstić information content (AvgIpc) is 2.25. The van der Waals surface area contributed by atoms with Crippen molar-refractivity contribution in [1.29, 1.82) is 0 Å². The predicted octanol–water partition coefficient (Wildman–Crippen LogP) is 2.56. The zero-order valence-electron chi connectivity index (χ0n) is 9.77. The molecule has 4 heteroatoms. The van der Waals surface area contributed by atoms with Gasteiger partial charge in [0.25, 0.3) is 0 Å². The van der Waals surface area contributed by atoms with Gasteiger partial charge in [0.2, 0.25) is 0 Å². The molecule has 1 fully saturated rings. The molecule has 2 N–H and O–H groups in total. The highest BCUT2D eigenvalue weighted by Gasteiger charge is 2.63. The van der Waals surface area contributed by atoms with Crippen LogP contribution in [-0.2, 0) is 10.2 Å². The molecule has 0 spiro atoms. The minimum Gasteiger partial charge on any atom is -0.481 e. The van der Waals surface area contributed by atoms with E-state index in [0.717, 1.165) is 10.0 Å². The van der Waals surface area contributed by atoms with Crippen molar-refractivity contribution in [3.63, 3.8) is 0 Å². The van der Waals surface area contributed by atoms with E-state index >= 15 is 0 Å². The van der Waals surface area contributed by atoms with Crippen LogP contribution in [0.25, 0.3) is 0 Å². The summed E-state index contributed by atoms with van der Waals surface area (Å²) in [5, 5.41) is 19.5. The summed E-state index contributed by atoms with van der Waals surface area (Å²) in [5.74, 6) is -1.17. The number of hydrogen-bond donors (Lipinski definition) is 2. The van der Waals surface area contributed by atoms with E-state index in [0.29, 0.717) is 0 Å². The lowest BCUT2D eigenvalue weighted by atomic mass is 9.49. The summed E-state index contributed by atoms with van der Waals surface area (Å²) in [6, 6.07) is 7.31. The van der Waals surface area contributed by atoms with Crippen molar-refractivity contribution in [3.8, 4) is 0 Å². The Balaban J connectivity index is 2.49. The maximum absolute atomic E-state index is 11.6. The highest BCUT2D eigenvalue weighted by Crippen LogP contribution is 2.55. The lowest BCUT2D eigenvalue weighted by Gasteiger charge is -2.55. The summed E-state index contributed by atoms with van der Waals surface area (Å²) < 4.78 is 0.856. The molecule has 0 saturated heterocycles. The molecule has 3 unspecified atom stereocenters. The van der Waals surface area contributed by atoms with Gasteiger partial charge in [-0.3, -0.25) is 4.79 Å². The van der Waals surface area contributed by atoms with E-state index in [-0.39, 0.29) is 12.3 Å². The van der Waals surface area contributed by atoms with Crippen molar-refractivity contribution >= 4 is 21.9 Å². The fourth-order valence-corrected chi connectivity index (χ4v) is 3.17. The smallest absolute Gasteiger partial charge is 0.314 e. The SMILES string of the molecule is CC1C(C)(O)CC1(C(=O)O)c1cccc(Br)c1. The molecule has 0 heterocycles. The lowest BCUT2D eigenvalue weighted by molar-refractivity contribution is -0.180. The van der Waals surface area contributed by atoms with Crippen molar-refractivity contribution in [2.24, 2.45) is 5.92 Å². The molecule has 3 atom stereocenters. The van der Waals surface area contributed by atoms with E-state index in [4.69, 9.17) is 0 Å². The van der Waals surface area contributed by atoms with Gasteiger partial charge in [-0.2, -0.15) is 0 Å². The van der Waals surface area contributed by atoms with Gasteiger partial charge in [-0.1, -0.05) is 35.0 Å². The molecule has 3 nitrogen and oxygen atoms in total. The van der Waals surface area contributed by atoms with Gasteiger partial charge in [-0.05, 0) is 31.0 Å². The average molecular weight is 299 g/mol. The summed E-state index contributed by atoms with van der Waals surface area (Å²) >= 11 is 3.35. The summed E-state index contributed by atoms with van der Waals surface area (Å²) in [6.07, 6.45) is 0.257. The lowest BCUT2D eigenvalue weighted by Crippen LogP contribution is -2.64. The third-order valence-electron chi connectivity index (χ3n) is 4.03. The Morgan fingerprint density at radius 2 is 2.18 bits per heavy atom. The second-order valence-corrected chi connectivity index (χ2v) is 5.96. The Labute approximate surface area is 109 Å². The van der Waals surface area contributed by atoms with Crippen molar-refractivity contribution in [1.82, 2.24) is 0 Å². The van der Waals surface area contributed by atoms with Crippen LogP contribution < -0.4 is 0 Å². The van der Waals surface area contributed by atoms with Crippen molar-refractivity contribution in [2.75, 3.05) is 0 Å². The van der Waals surface area contributed by atoms with Gasteiger partial charge >= 0.3 is 5.97 Å². The second kappa shape index (κ2) is 3.82. The first-order valence-corrected chi connectivity index (χ1v) is 6.32. The number of aliphatic hydroxyl groups is 1. The van der Waals surface area contributed by atoms with E-state index in [9.17, 15) is 15.0 Å². The number of benzene rings is 1. The summed E-state index contributed by atoms with van der Waals surface area (Å²) in [6.45, 7) is 3.48. The van der Waals surface area contributed by atoms with Crippen LogP contribution in [0.2, 0.25) is 0 Å². The predicted molar refractivity (Wildman–Crippen MR) is 67.9 cm³/mol. The number of carboxylic acid groups (broad SMARTS) is 1. The monoisotopic (exact) mass is 298 g/mol. The van der Waals surface area contributed by atoms with Crippen molar-refractivity contribution in [2.45, 2.75) is 31.3 Å². The molecule has 0 radical (unpaired) electrons. The fraction of sp³-hybridized carbons (Fsp3) is 0.462.